The summed E-state index contributed by atoms with van der Waals surface area (Å²) in [5, 5.41) is 14.8. The first-order valence-electron chi connectivity index (χ1n) is 8.25. The minimum atomic E-state index is -0.729. The van der Waals surface area contributed by atoms with E-state index in [2.05, 4.69) is 15.8 Å². The second-order valence-electron chi connectivity index (χ2n) is 5.96. The third kappa shape index (κ3) is 5.66. The summed E-state index contributed by atoms with van der Waals surface area (Å²) in [5.41, 5.74) is 4.85. The topological polar surface area (TPSA) is 94.3 Å². The van der Waals surface area contributed by atoms with Gasteiger partial charge in [-0.05, 0) is 37.6 Å². The molecule has 2 aromatic rings. The van der Waals surface area contributed by atoms with Crippen LogP contribution in [0.5, 0.6) is 0 Å². The minimum Gasteiger partial charge on any atom is -0.321 e. The van der Waals surface area contributed by atoms with Crippen molar-refractivity contribution in [3.05, 3.63) is 65.2 Å². The lowest BCUT2D eigenvalue weighted by atomic mass is 10.0. The molecule has 0 aliphatic carbocycles. The molecule has 0 aliphatic heterocycles. The first-order chi connectivity index (χ1) is 12.9. The van der Waals surface area contributed by atoms with Gasteiger partial charge in [0.1, 0.15) is 5.38 Å². The van der Waals surface area contributed by atoms with Crippen LogP contribution in [0.15, 0.2) is 53.6 Å². The van der Waals surface area contributed by atoms with Gasteiger partial charge in [0.2, 0.25) is 0 Å². The van der Waals surface area contributed by atoms with E-state index in [0.717, 1.165) is 0 Å². The number of amides is 2. The molecule has 0 spiro atoms. The Morgan fingerprint density at radius 1 is 1.07 bits per heavy atom. The zero-order valence-corrected chi connectivity index (χ0v) is 15.7. The molecule has 6 nitrogen and oxygen atoms in total. The van der Waals surface area contributed by atoms with Gasteiger partial charge < -0.3 is 5.32 Å². The Bertz CT molecular complexity index is 914. The number of hydrazone groups is 1. The van der Waals surface area contributed by atoms with Crippen LogP contribution < -0.4 is 10.7 Å². The number of benzene rings is 2. The molecule has 1 unspecified atom stereocenters. The SMILES string of the molecule is CC(C)=NNC(=O)c1ccccc1NC(=O)c1ccccc1CC(Cl)C#N. The number of anilines is 1. The number of halogens is 1. The van der Waals surface area contributed by atoms with Crippen LogP contribution in [0.4, 0.5) is 5.69 Å². The zero-order chi connectivity index (χ0) is 19.8. The number of hydrogen-bond acceptors (Lipinski definition) is 4. The molecule has 0 bridgehead atoms. The highest BCUT2D eigenvalue weighted by molar-refractivity contribution is 6.22. The van der Waals surface area contributed by atoms with Crippen molar-refractivity contribution in [2.75, 3.05) is 5.32 Å². The summed E-state index contributed by atoms with van der Waals surface area (Å²) in [6.45, 7) is 3.52. The van der Waals surface area contributed by atoms with E-state index in [-0.39, 0.29) is 12.3 Å². The summed E-state index contributed by atoms with van der Waals surface area (Å²) in [4.78, 5) is 25.1. The van der Waals surface area contributed by atoms with Crippen LogP contribution in [-0.2, 0) is 6.42 Å². The van der Waals surface area contributed by atoms with Crippen LogP contribution in [0.3, 0.4) is 0 Å². The fourth-order valence-corrected chi connectivity index (χ4v) is 2.53. The van der Waals surface area contributed by atoms with Gasteiger partial charge in [0.15, 0.2) is 0 Å². The van der Waals surface area contributed by atoms with Gasteiger partial charge in [-0.3, -0.25) is 9.59 Å². The number of nitrogens with zero attached hydrogens (tertiary/aromatic N) is 2. The number of alkyl halides is 1. The van der Waals surface area contributed by atoms with Crippen molar-refractivity contribution in [3.8, 4) is 6.07 Å². The molecule has 1 atom stereocenters. The highest BCUT2D eigenvalue weighted by Crippen LogP contribution is 2.19. The van der Waals surface area contributed by atoms with Crippen LogP contribution in [0, 0.1) is 11.3 Å². The van der Waals surface area contributed by atoms with Crippen molar-refractivity contribution >= 4 is 34.8 Å². The Labute approximate surface area is 162 Å². The van der Waals surface area contributed by atoms with Gasteiger partial charge in [0.25, 0.3) is 11.8 Å². The van der Waals surface area contributed by atoms with Crippen molar-refractivity contribution in [1.82, 2.24) is 5.43 Å². The van der Waals surface area contributed by atoms with Gasteiger partial charge in [-0.2, -0.15) is 10.4 Å². The lowest BCUT2D eigenvalue weighted by Crippen LogP contribution is -2.22. The lowest BCUT2D eigenvalue weighted by Gasteiger charge is -2.13. The number of para-hydroxylation sites is 1. The average Bonchev–Trinajstić information content (AvgIpc) is 2.66. The second kappa shape index (κ2) is 9.51. The molecule has 0 radical (unpaired) electrons. The first-order valence-corrected chi connectivity index (χ1v) is 8.69. The summed E-state index contributed by atoms with van der Waals surface area (Å²) in [6, 6.07) is 15.5. The molecule has 0 aliphatic rings. The second-order valence-corrected chi connectivity index (χ2v) is 6.48. The molecule has 0 fully saturated rings. The molecule has 0 heterocycles. The van der Waals surface area contributed by atoms with Crippen molar-refractivity contribution in [2.45, 2.75) is 25.6 Å². The molecule has 2 amide bonds. The van der Waals surface area contributed by atoms with Gasteiger partial charge in [0, 0.05) is 17.7 Å². The summed E-state index contributed by atoms with van der Waals surface area (Å²) in [7, 11) is 0. The number of carbonyl (C=O) groups excluding carboxylic acids is 2. The maximum atomic E-state index is 12.7. The summed E-state index contributed by atoms with van der Waals surface area (Å²) in [5.74, 6) is -0.812. The predicted molar refractivity (Wildman–Crippen MR) is 106 cm³/mol. The zero-order valence-electron chi connectivity index (χ0n) is 15.0. The quantitative estimate of drug-likeness (QED) is 0.452. The fraction of sp³-hybridized carbons (Fsp3) is 0.200. The maximum absolute atomic E-state index is 12.7. The van der Waals surface area contributed by atoms with Crippen molar-refractivity contribution in [2.24, 2.45) is 5.10 Å². The van der Waals surface area contributed by atoms with Gasteiger partial charge in [0.05, 0.1) is 17.3 Å². The Morgan fingerprint density at radius 2 is 1.70 bits per heavy atom. The van der Waals surface area contributed by atoms with Gasteiger partial charge in [-0.25, -0.2) is 5.43 Å². The largest absolute Gasteiger partial charge is 0.321 e. The van der Waals surface area contributed by atoms with Crippen molar-refractivity contribution < 1.29 is 9.59 Å². The standard InChI is InChI=1S/C20H19ClN4O2/c1-13(2)24-25-20(27)17-9-5-6-10-18(17)23-19(26)16-8-4-3-7-14(16)11-15(21)12-22/h3-10,15H,11H2,1-2H3,(H,23,26)(H,25,27). The molecule has 7 heteroatoms. The van der Waals surface area contributed by atoms with E-state index >= 15 is 0 Å². The van der Waals surface area contributed by atoms with Crippen LogP contribution in [0.25, 0.3) is 0 Å². The lowest BCUT2D eigenvalue weighted by molar-refractivity contribution is 0.0955. The molecule has 0 saturated heterocycles. The van der Waals surface area contributed by atoms with Crippen LogP contribution in [-0.4, -0.2) is 22.9 Å². The summed E-state index contributed by atoms with van der Waals surface area (Å²) in [6.07, 6.45) is 0.244. The van der Waals surface area contributed by atoms with Gasteiger partial charge in [-0.1, -0.05) is 30.3 Å². The summed E-state index contributed by atoms with van der Waals surface area (Å²) < 4.78 is 0. The fourth-order valence-electron chi connectivity index (χ4n) is 2.36. The Hall–Kier alpha value is -3.17. The van der Waals surface area contributed by atoms with E-state index in [9.17, 15) is 9.59 Å². The van der Waals surface area contributed by atoms with E-state index in [4.69, 9.17) is 16.9 Å². The van der Waals surface area contributed by atoms with E-state index in [1.54, 1.807) is 62.4 Å². The monoisotopic (exact) mass is 382 g/mol. The van der Waals surface area contributed by atoms with E-state index in [1.807, 2.05) is 6.07 Å². The van der Waals surface area contributed by atoms with Crippen LogP contribution in [0.2, 0.25) is 0 Å². The number of hydrogen-bond donors (Lipinski definition) is 2. The molecule has 2 aromatic carbocycles. The minimum absolute atomic E-state index is 0.244. The van der Waals surface area contributed by atoms with Crippen molar-refractivity contribution in [1.29, 1.82) is 5.26 Å². The molecule has 2 rings (SSSR count). The smallest absolute Gasteiger partial charge is 0.273 e. The van der Waals surface area contributed by atoms with E-state index in [1.165, 1.54) is 0 Å². The van der Waals surface area contributed by atoms with Gasteiger partial charge in [-0.15, -0.1) is 11.6 Å². The summed E-state index contributed by atoms with van der Waals surface area (Å²) >= 11 is 5.91. The Balaban J connectivity index is 2.26. The van der Waals surface area contributed by atoms with E-state index in [0.29, 0.717) is 28.1 Å². The van der Waals surface area contributed by atoms with Crippen LogP contribution in [0.1, 0.15) is 40.1 Å². The predicted octanol–water partition coefficient (Wildman–Crippen LogP) is 3.74. The average molecular weight is 383 g/mol. The highest BCUT2D eigenvalue weighted by Gasteiger charge is 2.17. The molecular weight excluding hydrogens is 364 g/mol. The van der Waals surface area contributed by atoms with E-state index < -0.39 is 11.3 Å². The molecular formula is C20H19ClN4O2. The molecule has 0 aromatic heterocycles. The molecule has 27 heavy (non-hydrogen) atoms. The first kappa shape index (κ1) is 20.1. The Kier molecular flexibility index (Phi) is 7.09. The van der Waals surface area contributed by atoms with Crippen LogP contribution >= 0.6 is 11.6 Å². The third-order valence-electron chi connectivity index (χ3n) is 3.60. The maximum Gasteiger partial charge on any atom is 0.273 e. The number of nitrogens with one attached hydrogen (secondary N) is 2. The molecule has 0 saturated carbocycles. The third-order valence-corrected chi connectivity index (χ3v) is 3.85. The molecule has 2 N–H and O–H groups in total. The number of carbonyl (C=O) groups is 2. The number of rotatable bonds is 6. The normalized spacial score (nSPS) is 11.0. The Morgan fingerprint density at radius 3 is 2.37 bits per heavy atom. The molecule has 138 valence electrons. The highest BCUT2D eigenvalue weighted by atomic mass is 35.5. The van der Waals surface area contributed by atoms with Crippen molar-refractivity contribution in [3.63, 3.8) is 0 Å². The van der Waals surface area contributed by atoms with Gasteiger partial charge >= 0.3 is 0 Å². The number of nitriles is 1.